The number of amides is 1. The van der Waals surface area contributed by atoms with Gasteiger partial charge >= 0.3 is 0 Å². The molecular formula is C13H17ClN2O4. The van der Waals surface area contributed by atoms with Gasteiger partial charge < -0.3 is 10.1 Å². The first-order valence-corrected chi connectivity index (χ1v) is 6.50. The monoisotopic (exact) mass is 300 g/mol. The highest BCUT2D eigenvalue weighted by Gasteiger charge is 2.24. The van der Waals surface area contributed by atoms with Crippen LogP contribution in [0.15, 0.2) is 18.2 Å². The number of benzene rings is 1. The van der Waals surface area contributed by atoms with Crippen LogP contribution in [0.3, 0.4) is 0 Å². The molecule has 0 saturated carbocycles. The zero-order chi connectivity index (χ0) is 15.3. The van der Waals surface area contributed by atoms with Gasteiger partial charge in [-0.05, 0) is 12.0 Å². The van der Waals surface area contributed by atoms with Crippen LogP contribution in [0.2, 0.25) is 5.02 Å². The number of hydrogen-bond donors (Lipinski definition) is 1. The molecule has 1 atom stereocenters. The number of carbonyl (C=O) groups is 1. The Bertz CT molecular complexity index is 505. The zero-order valence-corrected chi connectivity index (χ0v) is 12.3. The topological polar surface area (TPSA) is 81.5 Å². The van der Waals surface area contributed by atoms with Gasteiger partial charge in [-0.25, -0.2) is 0 Å². The van der Waals surface area contributed by atoms with Crippen molar-refractivity contribution in [3.8, 4) is 0 Å². The van der Waals surface area contributed by atoms with Crippen molar-refractivity contribution in [2.45, 2.75) is 20.0 Å². The molecule has 0 bridgehead atoms. The van der Waals surface area contributed by atoms with Crippen molar-refractivity contribution >= 4 is 23.2 Å². The largest absolute Gasteiger partial charge is 0.379 e. The van der Waals surface area contributed by atoms with Crippen molar-refractivity contribution in [3.05, 3.63) is 38.9 Å². The van der Waals surface area contributed by atoms with Crippen LogP contribution < -0.4 is 5.32 Å². The van der Waals surface area contributed by atoms with Gasteiger partial charge in [-0.15, -0.1) is 0 Å². The van der Waals surface area contributed by atoms with Crippen LogP contribution in [0.1, 0.15) is 24.2 Å². The van der Waals surface area contributed by atoms with E-state index in [1.54, 1.807) is 7.11 Å². The summed E-state index contributed by atoms with van der Waals surface area (Å²) in [4.78, 5) is 22.4. The molecule has 0 aromatic heterocycles. The second kappa shape index (κ2) is 7.21. The molecule has 0 fully saturated rings. The van der Waals surface area contributed by atoms with Crippen molar-refractivity contribution in [2.75, 3.05) is 13.7 Å². The molecule has 0 aliphatic carbocycles. The third kappa shape index (κ3) is 3.91. The van der Waals surface area contributed by atoms with E-state index in [9.17, 15) is 14.9 Å². The number of nitro groups is 1. The summed E-state index contributed by atoms with van der Waals surface area (Å²) in [6, 6.07) is 4.13. The number of halogens is 1. The van der Waals surface area contributed by atoms with Crippen LogP contribution in [0, 0.1) is 16.0 Å². The van der Waals surface area contributed by atoms with Crippen molar-refractivity contribution in [3.63, 3.8) is 0 Å². The van der Waals surface area contributed by atoms with Crippen LogP contribution in [0.5, 0.6) is 0 Å². The average Bonchev–Trinajstić information content (AvgIpc) is 2.38. The highest BCUT2D eigenvalue weighted by atomic mass is 35.5. The van der Waals surface area contributed by atoms with Gasteiger partial charge in [-0.1, -0.05) is 31.5 Å². The predicted molar refractivity (Wildman–Crippen MR) is 76.1 cm³/mol. The van der Waals surface area contributed by atoms with Crippen LogP contribution in [-0.4, -0.2) is 30.6 Å². The number of hydrogen-bond acceptors (Lipinski definition) is 4. The zero-order valence-electron chi connectivity index (χ0n) is 11.6. The van der Waals surface area contributed by atoms with E-state index in [0.717, 1.165) is 0 Å². The number of ether oxygens (including phenoxy) is 1. The minimum atomic E-state index is -0.628. The first kappa shape index (κ1) is 16.4. The molecule has 0 aliphatic rings. The lowest BCUT2D eigenvalue weighted by Crippen LogP contribution is -2.36. The lowest BCUT2D eigenvalue weighted by atomic mass is 10.1. The van der Waals surface area contributed by atoms with Gasteiger partial charge in [0.1, 0.15) is 5.56 Å². The second-order valence-corrected chi connectivity index (χ2v) is 5.03. The quantitative estimate of drug-likeness (QED) is 0.647. The summed E-state index contributed by atoms with van der Waals surface area (Å²) in [7, 11) is 1.55. The maximum absolute atomic E-state index is 12.1. The average molecular weight is 301 g/mol. The Morgan fingerprint density at radius 1 is 1.50 bits per heavy atom. The summed E-state index contributed by atoms with van der Waals surface area (Å²) in [5.74, 6) is -0.369. The maximum Gasteiger partial charge on any atom is 0.283 e. The molecule has 0 spiro atoms. The fourth-order valence-corrected chi connectivity index (χ4v) is 2.02. The predicted octanol–water partition coefficient (Wildman–Crippen LogP) is 2.65. The Balaban J connectivity index is 2.90. The number of methoxy groups -OCH3 is 1. The third-order valence-electron chi connectivity index (χ3n) is 2.93. The van der Waals surface area contributed by atoms with E-state index in [1.807, 2.05) is 13.8 Å². The molecule has 1 unspecified atom stereocenters. The Labute approximate surface area is 122 Å². The summed E-state index contributed by atoms with van der Waals surface area (Å²) in [5.41, 5.74) is -0.439. The van der Waals surface area contributed by atoms with Crippen LogP contribution in [0.25, 0.3) is 0 Å². The number of nitro benzene ring substituents is 1. The number of nitrogens with zero attached hydrogens (tertiary/aromatic N) is 1. The lowest BCUT2D eigenvalue weighted by molar-refractivity contribution is -0.385. The molecule has 0 heterocycles. The number of nitrogens with one attached hydrogen (secondary N) is 1. The minimum absolute atomic E-state index is 0.0511. The van der Waals surface area contributed by atoms with Gasteiger partial charge in [0.05, 0.1) is 16.0 Å². The summed E-state index contributed by atoms with van der Waals surface area (Å²) in [6.45, 7) is 4.17. The maximum atomic E-state index is 12.1. The third-order valence-corrected chi connectivity index (χ3v) is 3.24. The molecule has 1 amide bonds. The Morgan fingerprint density at radius 3 is 2.65 bits per heavy atom. The minimum Gasteiger partial charge on any atom is -0.379 e. The molecule has 0 radical (unpaired) electrons. The molecule has 1 N–H and O–H groups in total. The molecule has 6 nitrogen and oxygen atoms in total. The normalized spacial score (nSPS) is 12.2. The molecular weight excluding hydrogens is 284 g/mol. The highest BCUT2D eigenvalue weighted by Crippen LogP contribution is 2.26. The Kier molecular flexibility index (Phi) is 5.91. The smallest absolute Gasteiger partial charge is 0.283 e. The summed E-state index contributed by atoms with van der Waals surface area (Å²) >= 11 is 5.88. The van der Waals surface area contributed by atoms with E-state index < -0.39 is 10.8 Å². The van der Waals surface area contributed by atoms with Crippen molar-refractivity contribution in [1.82, 2.24) is 5.32 Å². The van der Waals surface area contributed by atoms with Crippen LogP contribution >= 0.6 is 11.6 Å². The van der Waals surface area contributed by atoms with E-state index in [4.69, 9.17) is 16.3 Å². The van der Waals surface area contributed by atoms with Gasteiger partial charge in [0.15, 0.2) is 0 Å². The first-order valence-electron chi connectivity index (χ1n) is 6.12. The fourth-order valence-electron chi connectivity index (χ4n) is 1.76. The molecule has 20 heavy (non-hydrogen) atoms. The van der Waals surface area contributed by atoms with Crippen molar-refractivity contribution < 1.29 is 14.5 Å². The van der Waals surface area contributed by atoms with E-state index >= 15 is 0 Å². The molecule has 1 aromatic carbocycles. The van der Waals surface area contributed by atoms with E-state index in [-0.39, 0.29) is 34.8 Å². The van der Waals surface area contributed by atoms with Gasteiger partial charge in [-0.2, -0.15) is 0 Å². The molecule has 7 heteroatoms. The van der Waals surface area contributed by atoms with Gasteiger partial charge in [0, 0.05) is 19.7 Å². The second-order valence-electron chi connectivity index (χ2n) is 4.62. The van der Waals surface area contributed by atoms with Crippen molar-refractivity contribution in [1.29, 1.82) is 0 Å². The first-order chi connectivity index (χ1) is 9.38. The van der Waals surface area contributed by atoms with Crippen LogP contribution in [0.4, 0.5) is 5.69 Å². The standard InChI is InChI=1S/C13H17ClN2O4/c1-8(2)11(20-3)7-15-13(17)12-9(14)5-4-6-10(12)16(18)19/h4-6,8,11H,7H2,1-3H3,(H,15,17). The van der Waals surface area contributed by atoms with E-state index in [1.165, 1.54) is 18.2 Å². The molecule has 1 rings (SSSR count). The highest BCUT2D eigenvalue weighted by molar-refractivity contribution is 6.34. The Morgan fingerprint density at radius 2 is 2.15 bits per heavy atom. The van der Waals surface area contributed by atoms with Crippen molar-refractivity contribution in [2.24, 2.45) is 5.92 Å². The lowest BCUT2D eigenvalue weighted by Gasteiger charge is -2.19. The SMILES string of the molecule is COC(CNC(=O)c1c(Cl)cccc1[N+](=O)[O-])C(C)C. The molecule has 110 valence electrons. The summed E-state index contributed by atoms with van der Waals surface area (Å²) < 4.78 is 5.22. The molecule has 0 saturated heterocycles. The summed E-state index contributed by atoms with van der Waals surface area (Å²) in [6.07, 6.45) is -0.166. The van der Waals surface area contributed by atoms with Gasteiger partial charge in [0.25, 0.3) is 11.6 Å². The fraction of sp³-hybridized carbons (Fsp3) is 0.462. The van der Waals surface area contributed by atoms with Crippen LogP contribution in [-0.2, 0) is 4.74 Å². The van der Waals surface area contributed by atoms with E-state index in [2.05, 4.69) is 5.32 Å². The van der Waals surface area contributed by atoms with Gasteiger partial charge in [-0.3, -0.25) is 14.9 Å². The molecule has 0 aliphatic heterocycles. The van der Waals surface area contributed by atoms with Gasteiger partial charge in [0.2, 0.25) is 0 Å². The van der Waals surface area contributed by atoms with E-state index in [0.29, 0.717) is 0 Å². The molecule has 1 aromatic rings. The Hall–Kier alpha value is -1.66. The summed E-state index contributed by atoms with van der Waals surface area (Å²) in [5, 5.41) is 13.6. The number of rotatable bonds is 6. The number of carbonyl (C=O) groups excluding carboxylic acids is 1.